The summed E-state index contributed by atoms with van der Waals surface area (Å²) in [7, 11) is 3.15. The molecule has 3 rings (SSSR count). The van der Waals surface area contributed by atoms with Crippen LogP contribution < -0.4 is 32.2 Å². The molecule has 0 radical (unpaired) electrons. The van der Waals surface area contributed by atoms with Crippen LogP contribution in [0.25, 0.3) is 0 Å². The highest BCUT2D eigenvalue weighted by Gasteiger charge is 2.12. The molecule has 8 heteroatoms. The Balaban J connectivity index is 1.90. The molecule has 8 nitrogen and oxygen atoms in total. The molecule has 0 unspecified atom stereocenters. The highest BCUT2D eigenvalue weighted by atomic mass is 16.5. The molecule has 0 aliphatic carbocycles. The minimum Gasteiger partial charge on any atom is -0.494 e. The summed E-state index contributed by atoms with van der Waals surface area (Å²) in [5.74, 6) is 0.955. The van der Waals surface area contributed by atoms with Gasteiger partial charge in [-0.05, 0) is 24.3 Å². The Hall–Kier alpha value is -3.94. The van der Waals surface area contributed by atoms with Gasteiger partial charge in [0.25, 0.3) is 5.91 Å². The zero-order chi connectivity index (χ0) is 20.1. The molecule has 28 heavy (non-hydrogen) atoms. The van der Waals surface area contributed by atoms with Crippen molar-refractivity contribution < 1.29 is 9.53 Å². The van der Waals surface area contributed by atoms with E-state index < -0.39 is 0 Å². The van der Waals surface area contributed by atoms with Gasteiger partial charge in [-0.2, -0.15) is 0 Å². The lowest BCUT2D eigenvalue weighted by Crippen LogP contribution is -2.19. The maximum atomic E-state index is 12.1. The third-order valence-corrected chi connectivity index (χ3v) is 4.09. The second-order valence-electron chi connectivity index (χ2n) is 5.99. The molecule has 3 aromatic rings. The van der Waals surface area contributed by atoms with E-state index in [1.165, 1.54) is 6.20 Å². The van der Waals surface area contributed by atoms with Crippen LogP contribution in [0.4, 0.5) is 34.3 Å². The zero-order valence-corrected chi connectivity index (χ0v) is 15.6. The number of hydrogen-bond acceptors (Lipinski definition) is 7. The van der Waals surface area contributed by atoms with E-state index in [1.54, 1.807) is 56.6 Å². The minimum absolute atomic E-state index is 0.194. The standard InChI is InChI=1S/C20H22N6O2/c1-23-20(27)13-5-3-4-6-15(13)25-17-10-19(24-11-14(17)22)26-16-8-7-12(21)9-18(16)28-2/h3-11H,21-22H2,1-2H3,(H,23,27)(H2,24,25,26). The van der Waals surface area contributed by atoms with Crippen molar-refractivity contribution in [2.45, 2.75) is 0 Å². The Bertz CT molecular complexity index is 1010. The number of para-hydroxylation sites is 1. The zero-order valence-electron chi connectivity index (χ0n) is 15.6. The molecule has 1 aromatic heterocycles. The topological polar surface area (TPSA) is 127 Å². The molecule has 0 aliphatic rings. The monoisotopic (exact) mass is 378 g/mol. The fourth-order valence-electron chi connectivity index (χ4n) is 2.66. The number of ether oxygens (including phenoxy) is 1. The minimum atomic E-state index is -0.194. The molecule has 1 heterocycles. The van der Waals surface area contributed by atoms with Crippen molar-refractivity contribution in [2.24, 2.45) is 0 Å². The summed E-state index contributed by atoms with van der Waals surface area (Å²) in [4.78, 5) is 16.4. The molecule has 0 atom stereocenters. The van der Waals surface area contributed by atoms with Gasteiger partial charge in [0.2, 0.25) is 0 Å². The highest BCUT2D eigenvalue weighted by Crippen LogP contribution is 2.32. The molecule has 0 bridgehead atoms. The van der Waals surface area contributed by atoms with E-state index in [0.29, 0.717) is 45.6 Å². The van der Waals surface area contributed by atoms with Crippen molar-refractivity contribution in [3.8, 4) is 5.75 Å². The van der Waals surface area contributed by atoms with E-state index in [0.717, 1.165) is 0 Å². The molecule has 0 aliphatic heterocycles. The lowest BCUT2D eigenvalue weighted by atomic mass is 10.1. The normalized spacial score (nSPS) is 10.2. The number of amides is 1. The Kier molecular flexibility index (Phi) is 5.50. The number of methoxy groups -OCH3 is 1. The predicted octanol–water partition coefficient (Wildman–Crippen LogP) is 3.10. The van der Waals surface area contributed by atoms with Crippen LogP contribution >= 0.6 is 0 Å². The van der Waals surface area contributed by atoms with Gasteiger partial charge in [0, 0.05) is 24.9 Å². The van der Waals surface area contributed by atoms with Crippen molar-refractivity contribution in [3.05, 3.63) is 60.3 Å². The van der Waals surface area contributed by atoms with E-state index in [2.05, 4.69) is 20.9 Å². The average molecular weight is 378 g/mol. The van der Waals surface area contributed by atoms with Crippen LogP contribution in [-0.4, -0.2) is 25.0 Å². The number of nitrogens with one attached hydrogen (secondary N) is 3. The maximum absolute atomic E-state index is 12.1. The summed E-state index contributed by atoms with van der Waals surface area (Å²) < 4.78 is 5.35. The van der Waals surface area contributed by atoms with Crippen molar-refractivity contribution in [3.63, 3.8) is 0 Å². The predicted molar refractivity (Wildman–Crippen MR) is 112 cm³/mol. The van der Waals surface area contributed by atoms with Crippen LogP contribution in [0.2, 0.25) is 0 Å². The second-order valence-corrected chi connectivity index (χ2v) is 5.99. The highest BCUT2D eigenvalue weighted by molar-refractivity contribution is 6.00. The van der Waals surface area contributed by atoms with Gasteiger partial charge < -0.3 is 32.2 Å². The van der Waals surface area contributed by atoms with E-state index in [4.69, 9.17) is 16.2 Å². The SMILES string of the molecule is CNC(=O)c1ccccc1Nc1cc(Nc2ccc(N)cc2OC)ncc1N. The van der Waals surface area contributed by atoms with Gasteiger partial charge in [0.15, 0.2) is 0 Å². The lowest BCUT2D eigenvalue weighted by molar-refractivity contribution is 0.0964. The first-order valence-corrected chi connectivity index (χ1v) is 8.56. The van der Waals surface area contributed by atoms with Crippen molar-refractivity contribution in [1.29, 1.82) is 0 Å². The van der Waals surface area contributed by atoms with Crippen LogP contribution in [0.3, 0.4) is 0 Å². The molecule has 7 N–H and O–H groups in total. The fourth-order valence-corrected chi connectivity index (χ4v) is 2.66. The van der Waals surface area contributed by atoms with Crippen LogP contribution in [0.5, 0.6) is 5.75 Å². The summed E-state index contributed by atoms with van der Waals surface area (Å²) in [6.07, 6.45) is 1.54. The van der Waals surface area contributed by atoms with Gasteiger partial charge in [0.1, 0.15) is 11.6 Å². The summed E-state index contributed by atoms with van der Waals surface area (Å²) in [5, 5.41) is 9.01. The van der Waals surface area contributed by atoms with Gasteiger partial charge in [-0.3, -0.25) is 4.79 Å². The molecular formula is C20H22N6O2. The second kappa shape index (κ2) is 8.17. The quantitative estimate of drug-likeness (QED) is 0.417. The summed E-state index contributed by atoms with van der Waals surface area (Å²) in [5.41, 5.74) is 15.4. The summed E-state index contributed by atoms with van der Waals surface area (Å²) in [6, 6.07) is 14.2. The van der Waals surface area contributed by atoms with Crippen molar-refractivity contribution >= 4 is 40.2 Å². The number of nitrogens with two attached hydrogens (primary N) is 2. The number of rotatable bonds is 6. The van der Waals surface area contributed by atoms with Gasteiger partial charge in [-0.1, -0.05) is 12.1 Å². The maximum Gasteiger partial charge on any atom is 0.253 e. The number of nitrogen functional groups attached to an aromatic ring is 2. The molecule has 2 aromatic carbocycles. The van der Waals surface area contributed by atoms with Gasteiger partial charge in [-0.15, -0.1) is 0 Å². The molecular weight excluding hydrogens is 356 g/mol. The molecule has 0 saturated heterocycles. The van der Waals surface area contributed by atoms with Crippen LogP contribution in [-0.2, 0) is 0 Å². The number of anilines is 6. The molecule has 1 amide bonds. The summed E-state index contributed by atoms with van der Waals surface area (Å²) in [6.45, 7) is 0. The van der Waals surface area contributed by atoms with Crippen LogP contribution in [0.1, 0.15) is 10.4 Å². The van der Waals surface area contributed by atoms with Crippen LogP contribution in [0, 0.1) is 0 Å². The van der Waals surface area contributed by atoms with E-state index in [9.17, 15) is 4.79 Å². The van der Waals surface area contributed by atoms with Crippen molar-refractivity contribution in [2.75, 3.05) is 36.3 Å². The number of hydrogen-bond donors (Lipinski definition) is 5. The summed E-state index contributed by atoms with van der Waals surface area (Å²) >= 11 is 0. The molecule has 0 fully saturated rings. The number of carbonyl (C=O) groups is 1. The van der Waals surface area contributed by atoms with Gasteiger partial charge in [-0.25, -0.2) is 4.98 Å². The fraction of sp³-hybridized carbons (Fsp3) is 0.100. The van der Waals surface area contributed by atoms with E-state index in [-0.39, 0.29) is 5.91 Å². The number of benzene rings is 2. The van der Waals surface area contributed by atoms with Gasteiger partial charge in [0.05, 0.1) is 41.6 Å². The Morgan fingerprint density at radius 1 is 1.00 bits per heavy atom. The first kappa shape index (κ1) is 18.8. The first-order chi connectivity index (χ1) is 13.5. The third kappa shape index (κ3) is 4.07. The number of aromatic nitrogens is 1. The van der Waals surface area contributed by atoms with E-state index >= 15 is 0 Å². The van der Waals surface area contributed by atoms with Crippen LogP contribution in [0.15, 0.2) is 54.7 Å². The number of pyridine rings is 1. The Labute approximate surface area is 162 Å². The van der Waals surface area contributed by atoms with Crippen molar-refractivity contribution in [1.82, 2.24) is 10.3 Å². The molecule has 0 spiro atoms. The first-order valence-electron chi connectivity index (χ1n) is 8.56. The molecule has 0 saturated carbocycles. The Morgan fingerprint density at radius 2 is 1.79 bits per heavy atom. The smallest absolute Gasteiger partial charge is 0.253 e. The lowest BCUT2D eigenvalue weighted by Gasteiger charge is -2.15. The Morgan fingerprint density at radius 3 is 2.54 bits per heavy atom. The third-order valence-electron chi connectivity index (χ3n) is 4.09. The number of carbonyl (C=O) groups excluding carboxylic acids is 1. The van der Waals surface area contributed by atoms with E-state index in [1.807, 2.05) is 6.07 Å². The molecule has 144 valence electrons. The number of nitrogens with zero attached hydrogens (tertiary/aromatic N) is 1. The largest absolute Gasteiger partial charge is 0.494 e. The van der Waals surface area contributed by atoms with Gasteiger partial charge >= 0.3 is 0 Å². The average Bonchev–Trinajstić information content (AvgIpc) is 2.71.